The van der Waals surface area contributed by atoms with Crippen LogP contribution in [-0.2, 0) is 5.41 Å². The quantitative estimate of drug-likeness (QED) is 0.743. The van der Waals surface area contributed by atoms with E-state index in [4.69, 9.17) is 0 Å². The van der Waals surface area contributed by atoms with Crippen LogP contribution in [0, 0.1) is 0 Å². The highest BCUT2D eigenvalue weighted by Crippen LogP contribution is 2.42. The molecule has 0 saturated heterocycles. The number of hydrogen-bond donors (Lipinski definition) is 0. The van der Waals surface area contributed by atoms with E-state index in [9.17, 15) is 4.79 Å². The molecular formula is C15H21NO. The molecule has 0 heterocycles. The Labute approximate surface area is 104 Å². The Kier molecular flexibility index (Phi) is 3.63. The van der Waals surface area contributed by atoms with Crippen LogP contribution in [0.25, 0.3) is 0 Å². The molecule has 2 nitrogen and oxygen atoms in total. The molecule has 2 rings (SSSR count). The Morgan fingerprint density at radius 2 is 1.88 bits per heavy atom. The topological polar surface area (TPSA) is 20.3 Å². The van der Waals surface area contributed by atoms with Gasteiger partial charge in [-0.1, -0.05) is 37.1 Å². The normalized spacial score (nSPS) is 18.5. The number of hydrogen-bond acceptors (Lipinski definition) is 2. The third kappa shape index (κ3) is 2.42. The van der Waals surface area contributed by atoms with Crippen LogP contribution in [0.4, 0.5) is 0 Å². The second-order valence-electron chi connectivity index (χ2n) is 5.43. The van der Waals surface area contributed by atoms with E-state index >= 15 is 0 Å². The van der Waals surface area contributed by atoms with Gasteiger partial charge >= 0.3 is 0 Å². The number of aldehydes is 1. The monoisotopic (exact) mass is 231 g/mol. The molecular weight excluding hydrogens is 210 g/mol. The number of likely N-dealkylation sites (N-methyl/N-ethyl adjacent to an activating group) is 1. The zero-order chi connectivity index (χ0) is 12.3. The Hall–Kier alpha value is -1.15. The predicted octanol–water partition coefficient (Wildman–Crippen LogP) is 2.87. The molecule has 0 unspecified atom stereocenters. The van der Waals surface area contributed by atoms with Crippen molar-refractivity contribution in [3.05, 3.63) is 35.4 Å². The summed E-state index contributed by atoms with van der Waals surface area (Å²) in [6.45, 7) is 1.04. The summed E-state index contributed by atoms with van der Waals surface area (Å²) in [4.78, 5) is 13.4. The van der Waals surface area contributed by atoms with Crippen LogP contribution >= 0.6 is 0 Å². The molecule has 0 aliphatic heterocycles. The lowest BCUT2D eigenvalue weighted by molar-refractivity contribution is 0.112. The molecule has 0 spiro atoms. The van der Waals surface area contributed by atoms with Crippen molar-refractivity contribution < 1.29 is 4.79 Å². The average Bonchev–Trinajstić information content (AvgIpc) is 2.77. The summed E-state index contributed by atoms with van der Waals surface area (Å²) >= 11 is 0. The van der Waals surface area contributed by atoms with Gasteiger partial charge in [-0.3, -0.25) is 4.79 Å². The van der Waals surface area contributed by atoms with Gasteiger partial charge in [0.05, 0.1) is 0 Å². The SMILES string of the molecule is CN(C)CC1(c2ccccc2C=O)CCCC1. The van der Waals surface area contributed by atoms with E-state index < -0.39 is 0 Å². The first-order valence-electron chi connectivity index (χ1n) is 6.37. The van der Waals surface area contributed by atoms with Crippen LogP contribution in [0.2, 0.25) is 0 Å². The standard InChI is InChI=1S/C15H21NO/c1-16(2)12-15(9-5-6-10-15)14-8-4-3-7-13(14)11-17/h3-4,7-8,11H,5-6,9-10,12H2,1-2H3. The zero-order valence-electron chi connectivity index (χ0n) is 10.8. The van der Waals surface area contributed by atoms with Gasteiger partial charge in [-0.2, -0.15) is 0 Å². The molecule has 0 aromatic heterocycles. The van der Waals surface area contributed by atoms with E-state index in [0.717, 1.165) is 18.4 Å². The van der Waals surface area contributed by atoms with Gasteiger partial charge in [0, 0.05) is 17.5 Å². The highest BCUT2D eigenvalue weighted by molar-refractivity contribution is 5.78. The molecule has 1 fully saturated rings. The molecule has 0 atom stereocenters. The number of nitrogens with zero attached hydrogens (tertiary/aromatic N) is 1. The molecule has 0 N–H and O–H groups in total. The predicted molar refractivity (Wildman–Crippen MR) is 70.5 cm³/mol. The van der Waals surface area contributed by atoms with Crippen LogP contribution in [-0.4, -0.2) is 31.8 Å². The van der Waals surface area contributed by atoms with Gasteiger partial charge in [0.25, 0.3) is 0 Å². The molecule has 0 bridgehead atoms. The summed E-state index contributed by atoms with van der Waals surface area (Å²) in [6, 6.07) is 8.08. The van der Waals surface area contributed by atoms with Gasteiger partial charge in [0.1, 0.15) is 6.29 Å². The minimum atomic E-state index is 0.195. The lowest BCUT2D eigenvalue weighted by atomic mass is 9.76. The van der Waals surface area contributed by atoms with E-state index in [1.54, 1.807) is 0 Å². The van der Waals surface area contributed by atoms with Crippen molar-refractivity contribution in [1.82, 2.24) is 4.90 Å². The van der Waals surface area contributed by atoms with Gasteiger partial charge in [-0.25, -0.2) is 0 Å². The molecule has 1 saturated carbocycles. The van der Waals surface area contributed by atoms with Gasteiger partial charge < -0.3 is 4.90 Å². The van der Waals surface area contributed by atoms with E-state index in [-0.39, 0.29) is 5.41 Å². The van der Waals surface area contributed by atoms with Crippen LogP contribution in [0.1, 0.15) is 41.6 Å². The van der Waals surface area contributed by atoms with Crippen LogP contribution in [0.5, 0.6) is 0 Å². The maximum absolute atomic E-state index is 11.2. The summed E-state index contributed by atoms with van der Waals surface area (Å²) in [6.07, 6.45) is 5.97. The number of carbonyl (C=O) groups is 1. The van der Waals surface area contributed by atoms with Crippen molar-refractivity contribution in [2.24, 2.45) is 0 Å². The molecule has 92 valence electrons. The van der Waals surface area contributed by atoms with Gasteiger partial charge in [-0.05, 0) is 32.5 Å². The maximum Gasteiger partial charge on any atom is 0.150 e. The summed E-state index contributed by atoms with van der Waals surface area (Å²) in [5.74, 6) is 0. The molecule has 0 amide bonds. The lowest BCUT2D eigenvalue weighted by Gasteiger charge is -2.33. The summed E-state index contributed by atoms with van der Waals surface area (Å²) in [5, 5.41) is 0. The first-order valence-corrected chi connectivity index (χ1v) is 6.37. The number of benzene rings is 1. The molecule has 1 aliphatic rings. The molecule has 1 aromatic rings. The first-order chi connectivity index (χ1) is 8.18. The smallest absolute Gasteiger partial charge is 0.150 e. The largest absolute Gasteiger partial charge is 0.309 e. The molecule has 2 heteroatoms. The fourth-order valence-corrected chi connectivity index (χ4v) is 3.25. The minimum Gasteiger partial charge on any atom is -0.309 e. The Bertz CT molecular complexity index is 392. The van der Waals surface area contributed by atoms with Crippen molar-refractivity contribution in [2.75, 3.05) is 20.6 Å². The second kappa shape index (κ2) is 5.01. The van der Waals surface area contributed by atoms with Gasteiger partial charge in [0.2, 0.25) is 0 Å². The van der Waals surface area contributed by atoms with Crippen molar-refractivity contribution >= 4 is 6.29 Å². The highest BCUT2D eigenvalue weighted by atomic mass is 16.1. The van der Waals surface area contributed by atoms with E-state index in [0.29, 0.717) is 0 Å². The number of rotatable bonds is 4. The average molecular weight is 231 g/mol. The summed E-state index contributed by atoms with van der Waals surface area (Å²) in [5.41, 5.74) is 2.32. The third-order valence-corrected chi connectivity index (χ3v) is 3.84. The van der Waals surface area contributed by atoms with E-state index in [1.807, 2.05) is 12.1 Å². The second-order valence-corrected chi connectivity index (χ2v) is 5.43. The Balaban J connectivity index is 2.41. The molecule has 1 aromatic carbocycles. The van der Waals surface area contributed by atoms with Crippen molar-refractivity contribution in [1.29, 1.82) is 0 Å². The first kappa shape index (κ1) is 12.3. The Morgan fingerprint density at radius 1 is 1.24 bits per heavy atom. The molecule has 1 aliphatic carbocycles. The lowest BCUT2D eigenvalue weighted by Crippen LogP contribution is -2.36. The van der Waals surface area contributed by atoms with Crippen LogP contribution in [0.3, 0.4) is 0 Å². The van der Waals surface area contributed by atoms with Crippen molar-refractivity contribution in [2.45, 2.75) is 31.1 Å². The molecule has 0 radical (unpaired) electrons. The summed E-state index contributed by atoms with van der Waals surface area (Å²) in [7, 11) is 4.23. The fraction of sp³-hybridized carbons (Fsp3) is 0.533. The van der Waals surface area contributed by atoms with Crippen molar-refractivity contribution in [3.8, 4) is 0 Å². The minimum absolute atomic E-state index is 0.195. The van der Waals surface area contributed by atoms with Crippen LogP contribution < -0.4 is 0 Å². The number of carbonyl (C=O) groups excluding carboxylic acids is 1. The highest BCUT2D eigenvalue weighted by Gasteiger charge is 2.37. The maximum atomic E-state index is 11.2. The van der Waals surface area contributed by atoms with E-state index in [2.05, 4.69) is 31.1 Å². The third-order valence-electron chi connectivity index (χ3n) is 3.84. The summed E-state index contributed by atoms with van der Waals surface area (Å²) < 4.78 is 0. The van der Waals surface area contributed by atoms with Gasteiger partial charge in [-0.15, -0.1) is 0 Å². The Morgan fingerprint density at radius 3 is 2.47 bits per heavy atom. The van der Waals surface area contributed by atoms with Crippen LogP contribution in [0.15, 0.2) is 24.3 Å². The van der Waals surface area contributed by atoms with E-state index in [1.165, 1.54) is 31.2 Å². The van der Waals surface area contributed by atoms with Crippen molar-refractivity contribution in [3.63, 3.8) is 0 Å². The fourth-order valence-electron chi connectivity index (χ4n) is 3.25. The zero-order valence-corrected chi connectivity index (χ0v) is 10.8. The molecule has 17 heavy (non-hydrogen) atoms. The van der Waals surface area contributed by atoms with Gasteiger partial charge in [0.15, 0.2) is 0 Å².